The van der Waals surface area contributed by atoms with Gasteiger partial charge in [0.25, 0.3) is 0 Å². The van der Waals surface area contributed by atoms with Gasteiger partial charge in [0.1, 0.15) is 10.0 Å². The lowest BCUT2D eigenvalue weighted by Crippen LogP contribution is -2.38. The van der Waals surface area contributed by atoms with Gasteiger partial charge in [-0.1, -0.05) is 37.8 Å². The van der Waals surface area contributed by atoms with Gasteiger partial charge in [0.15, 0.2) is 0 Å². The van der Waals surface area contributed by atoms with Crippen LogP contribution in [0.3, 0.4) is 0 Å². The first kappa shape index (κ1) is 16.2. The van der Waals surface area contributed by atoms with E-state index in [1.165, 1.54) is 18.7 Å². The van der Waals surface area contributed by atoms with Crippen molar-refractivity contribution in [1.29, 1.82) is 0 Å². The van der Waals surface area contributed by atoms with Crippen molar-refractivity contribution < 1.29 is 8.42 Å². The summed E-state index contributed by atoms with van der Waals surface area (Å²) in [5.41, 5.74) is 0. The molecule has 112 valence electrons. The molecule has 1 saturated carbocycles. The molecular formula is C13H18BrClN2O2S. The van der Waals surface area contributed by atoms with Crippen molar-refractivity contribution in [3.63, 3.8) is 0 Å². The normalized spacial score (nSPS) is 23.8. The number of halogens is 2. The standard InChI is InChI=1S/C13H18BrClN2O2S/c1-2-9-4-3-5-11(6-9)17-20(18,19)12-7-10(14)8-16-13(12)15/h7-9,11,17H,2-6H2,1H3. The van der Waals surface area contributed by atoms with Gasteiger partial charge in [-0.15, -0.1) is 0 Å². The molecule has 0 bridgehead atoms. The summed E-state index contributed by atoms with van der Waals surface area (Å²) in [6.45, 7) is 2.15. The van der Waals surface area contributed by atoms with Crippen LogP contribution in [-0.4, -0.2) is 19.4 Å². The largest absolute Gasteiger partial charge is 0.243 e. The third-order valence-electron chi connectivity index (χ3n) is 3.75. The van der Waals surface area contributed by atoms with E-state index in [4.69, 9.17) is 11.6 Å². The number of hydrogen-bond donors (Lipinski definition) is 1. The third kappa shape index (κ3) is 3.93. The Kier molecular flexibility index (Phi) is 5.45. The van der Waals surface area contributed by atoms with Crippen LogP contribution in [0, 0.1) is 5.92 Å². The Bertz CT molecular complexity index is 580. The summed E-state index contributed by atoms with van der Waals surface area (Å²) in [5.74, 6) is 0.604. The molecule has 0 aromatic carbocycles. The summed E-state index contributed by atoms with van der Waals surface area (Å²) < 4.78 is 28.2. The molecule has 1 N–H and O–H groups in total. The summed E-state index contributed by atoms with van der Waals surface area (Å²) >= 11 is 9.12. The van der Waals surface area contributed by atoms with Gasteiger partial charge in [0.2, 0.25) is 10.0 Å². The molecule has 7 heteroatoms. The minimum absolute atomic E-state index is 0.00329. The van der Waals surface area contributed by atoms with E-state index >= 15 is 0 Å². The molecule has 0 spiro atoms. The van der Waals surface area contributed by atoms with Crippen LogP contribution < -0.4 is 4.72 Å². The summed E-state index contributed by atoms with van der Waals surface area (Å²) in [6, 6.07) is 1.48. The van der Waals surface area contributed by atoms with Gasteiger partial charge in [-0.2, -0.15) is 0 Å². The maximum atomic E-state index is 12.4. The lowest BCUT2D eigenvalue weighted by atomic mass is 9.85. The van der Waals surface area contributed by atoms with E-state index in [-0.39, 0.29) is 16.1 Å². The predicted octanol–water partition coefficient (Wildman–Crippen LogP) is 3.74. The highest BCUT2D eigenvalue weighted by atomic mass is 79.9. The van der Waals surface area contributed by atoms with Gasteiger partial charge in [0.05, 0.1) is 0 Å². The zero-order valence-corrected chi connectivity index (χ0v) is 14.4. The SMILES string of the molecule is CCC1CCCC(NS(=O)(=O)c2cc(Br)cnc2Cl)C1. The van der Waals surface area contributed by atoms with Crippen LogP contribution >= 0.6 is 27.5 Å². The second kappa shape index (κ2) is 6.73. The average Bonchev–Trinajstić information content (AvgIpc) is 2.41. The van der Waals surface area contributed by atoms with Crippen LogP contribution in [-0.2, 0) is 10.0 Å². The van der Waals surface area contributed by atoms with Gasteiger partial charge in [-0.25, -0.2) is 18.1 Å². The number of nitrogens with one attached hydrogen (secondary N) is 1. The van der Waals surface area contributed by atoms with E-state index in [1.54, 1.807) is 0 Å². The van der Waals surface area contributed by atoms with Crippen molar-refractivity contribution in [2.24, 2.45) is 5.92 Å². The quantitative estimate of drug-likeness (QED) is 0.808. The Labute approximate surface area is 133 Å². The van der Waals surface area contributed by atoms with Crippen molar-refractivity contribution in [1.82, 2.24) is 9.71 Å². The van der Waals surface area contributed by atoms with E-state index in [2.05, 4.69) is 32.6 Å². The van der Waals surface area contributed by atoms with Gasteiger partial charge in [0, 0.05) is 16.7 Å². The maximum absolute atomic E-state index is 12.4. The van der Waals surface area contributed by atoms with Crippen LogP contribution in [0.25, 0.3) is 0 Å². The highest BCUT2D eigenvalue weighted by molar-refractivity contribution is 9.10. The molecule has 1 aliphatic rings. The molecule has 20 heavy (non-hydrogen) atoms. The highest BCUT2D eigenvalue weighted by Crippen LogP contribution is 2.29. The molecule has 0 amide bonds. The Morgan fingerprint density at radius 3 is 2.95 bits per heavy atom. The number of pyridine rings is 1. The summed E-state index contributed by atoms with van der Waals surface area (Å²) in [6.07, 6.45) is 6.61. The molecular weight excluding hydrogens is 364 g/mol. The van der Waals surface area contributed by atoms with Crippen LogP contribution in [0.2, 0.25) is 5.15 Å². The van der Waals surface area contributed by atoms with E-state index in [1.807, 2.05) is 0 Å². The van der Waals surface area contributed by atoms with Crippen LogP contribution in [0.1, 0.15) is 39.0 Å². The summed E-state index contributed by atoms with van der Waals surface area (Å²) in [4.78, 5) is 3.90. The first-order valence-corrected chi connectivity index (χ1v) is 9.41. The fourth-order valence-electron chi connectivity index (χ4n) is 2.64. The minimum Gasteiger partial charge on any atom is -0.242 e. The first-order chi connectivity index (χ1) is 9.42. The minimum atomic E-state index is -3.62. The molecule has 2 atom stereocenters. The predicted molar refractivity (Wildman–Crippen MR) is 83.3 cm³/mol. The van der Waals surface area contributed by atoms with Gasteiger partial charge >= 0.3 is 0 Å². The van der Waals surface area contributed by atoms with Crippen molar-refractivity contribution in [3.8, 4) is 0 Å². The lowest BCUT2D eigenvalue weighted by molar-refractivity contribution is 0.301. The molecule has 1 aliphatic carbocycles. The maximum Gasteiger partial charge on any atom is 0.243 e. The van der Waals surface area contributed by atoms with E-state index in [0.29, 0.717) is 10.4 Å². The first-order valence-electron chi connectivity index (χ1n) is 6.75. The molecule has 0 radical (unpaired) electrons. The Hall–Kier alpha value is -0.170. The topological polar surface area (TPSA) is 59.1 Å². The van der Waals surface area contributed by atoms with Crippen LogP contribution in [0.4, 0.5) is 0 Å². The van der Waals surface area contributed by atoms with E-state index in [0.717, 1.165) is 25.7 Å². The number of sulfonamides is 1. The number of aromatic nitrogens is 1. The third-order valence-corrected chi connectivity index (χ3v) is 6.13. The zero-order chi connectivity index (χ0) is 14.8. The Morgan fingerprint density at radius 2 is 2.25 bits per heavy atom. The Morgan fingerprint density at radius 1 is 1.50 bits per heavy atom. The molecule has 1 aromatic heterocycles. The summed E-state index contributed by atoms with van der Waals surface area (Å²) in [7, 11) is -3.62. The zero-order valence-electron chi connectivity index (χ0n) is 11.3. The van der Waals surface area contributed by atoms with Crippen molar-refractivity contribution in [2.75, 3.05) is 0 Å². The van der Waals surface area contributed by atoms with Gasteiger partial charge in [-0.3, -0.25) is 0 Å². The second-order valence-electron chi connectivity index (χ2n) is 5.20. The fraction of sp³-hybridized carbons (Fsp3) is 0.615. The van der Waals surface area contributed by atoms with Gasteiger partial charge in [-0.05, 0) is 40.8 Å². The number of hydrogen-bond acceptors (Lipinski definition) is 3. The molecule has 1 aromatic rings. The number of rotatable bonds is 4. The van der Waals surface area contributed by atoms with Crippen LogP contribution in [0.15, 0.2) is 21.6 Å². The molecule has 2 rings (SSSR count). The molecule has 4 nitrogen and oxygen atoms in total. The molecule has 1 fully saturated rings. The smallest absolute Gasteiger partial charge is 0.242 e. The van der Waals surface area contributed by atoms with Crippen LogP contribution in [0.5, 0.6) is 0 Å². The van der Waals surface area contributed by atoms with Crippen molar-refractivity contribution in [3.05, 3.63) is 21.9 Å². The number of nitrogens with zero attached hydrogens (tertiary/aromatic N) is 1. The molecule has 2 unspecified atom stereocenters. The lowest BCUT2D eigenvalue weighted by Gasteiger charge is -2.28. The highest BCUT2D eigenvalue weighted by Gasteiger charge is 2.27. The Balaban J connectivity index is 2.16. The van der Waals surface area contributed by atoms with Crippen molar-refractivity contribution >= 4 is 37.6 Å². The monoisotopic (exact) mass is 380 g/mol. The average molecular weight is 382 g/mol. The molecule has 0 aliphatic heterocycles. The fourth-order valence-corrected chi connectivity index (χ4v) is 4.87. The summed E-state index contributed by atoms with van der Waals surface area (Å²) in [5, 5.41) is 0.00329. The molecule has 0 saturated heterocycles. The van der Waals surface area contributed by atoms with Crippen molar-refractivity contribution in [2.45, 2.75) is 50.0 Å². The second-order valence-corrected chi connectivity index (χ2v) is 8.16. The van der Waals surface area contributed by atoms with E-state index < -0.39 is 10.0 Å². The van der Waals surface area contributed by atoms with Gasteiger partial charge < -0.3 is 0 Å². The molecule has 1 heterocycles. The van der Waals surface area contributed by atoms with E-state index in [9.17, 15) is 8.42 Å².